The normalized spacial score (nSPS) is 12.1. The molecule has 0 aliphatic heterocycles. The molecular formula is C17H22FN3O2. The fraction of sp³-hybridized carbons (Fsp3) is 0.412. The highest BCUT2D eigenvalue weighted by molar-refractivity contribution is 5.94. The number of nitrogens with one attached hydrogen (secondary N) is 1. The number of hydrogen-bond acceptors (Lipinski definition) is 3. The number of methoxy groups -OCH3 is 1. The van der Waals surface area contributed by atoms with Crippen LogP contribution in [0.25, 0.3) is 0 Å². The molecule has 0 aliphatic rings. The number of amides is 1. The van der Waals surface area contributed by atoms with Crippen LogP contribution in [0.5, 0.6) is 5.75 Å². The van der Waals surface area contributed by atoms with Crippen molar-refractivity contribution < 1.29 is 13.9 Å². The van der Waals surface area contributed by atoms with Crippen LogP contribution in [-0.4, -0.2) is 22.8 Å². The van der Waals surface area contributed by atoms with Crippen LogP contribution >= 0.6 is 0 Å². The van der Waals surface area contributed by atoms with Gasteiger partial charge in [-0.2, -0.15) is 5.10 Å². The predicted molar refractivity (Wildman–Crippen MR) is 86.2 cm³/mol. The van der Waals surface area contributed by atoms with Crippen molar-refractivity contribution >= 4 is 5.91 Å². The number of aryl methyl sites for hydroxylation is 2. The maximum absolute atomic E-state index is 13.4. The van der Waals surface area contributed by atoms with Gasteiger partial charge >= 0.3 is 0 Å². The Bertz CT molecular complexity index is 725. The number of halogens is 1. The van der Waals surface area contributed by atoms with Gasteiger partial charge in [-0.25, -0.2) is 4.39 Å². The third kappa shape index (κ3) is 3.36. The van der Waals surface area contributed by atoms with E-state index in [9.17, 15) is 9.18 Å². The molecule has 6 heteroatoms. The Morgan fingerprint density at radius 2 is 2.13 bits per heavy atom. The minimum atomic E-state index is -0.493. The van der Waals surface area contributed by atoms with Crippen molar-refractivity contribution in [2.75, 3.05) is 7.11 Å². The van der Waals surface area contributed by atoms with E-state index in [-0.39, 0.29) is 17.7 Å². The Morgan fingerprint density at radius 3 is 2.70 bits per heavy atom. The minimum absolute atomic E-state index is 0.0523. The van der Waals surface area contributed by atoms with E-state index in [1.165, 1.54) is 25.3 Å². The number of ether oxygens (including phenoxy) is 1. The Morgan fingerprint density at radius 1 is 1.43 bits per heavy atom. The summed E-state index contributed by atoms with van der Waals surface area (Å²) in [5.74, 6) is -0.719. The van der Waals surface area contributed by atoms with Crippen LogP contribution in [0.4, 0.5) is 4.39 Å². The first-order chi connectivity index (χ1) is 10.9. The minimum Gasteiger partial charge on any atom is -0.494 e. The van der Waals surface area contributed by atoms with Crippen LogP contribution in [0.1, 0.15) is 47.2 Å². The molecule has 2 aromatic rings. The first-order valence-electron chi connectivity index (χ1n) is 7.57. The van der Waals surface area contributed by atoms with Gasteiger partial charge < -0.3 is 10.1 Å². The van der Waals surface area contributed by atoms with E-state index in [1.807, 2.05) is 32.4 Å². The molecule has 0 spiro atoms. The number of rotatable bonds is 5. The van der Waals surface area contributed by atoms with Crippen LogP contribution in [0.15, 0.2) is 18.2 Å². The van der Waals surface area contributed by atoms with E-state index < -0.39 is 5.82 Å². The molecule has 1 amide bonds. The lowest BCUT2D eigenvalue weighted by molar-refractivity contribution is 0.0939. The van der Waals surface area contributed by atoms with Crippen molar-refractivity contribution in [2.24, 2.45) is 0 Å². The second kappa shape index (κ2) is 6.81. The average Bonchev–Trinajstić information content (AvgIpc) is 2.81. The van der Waals surface area contributed by atoms with Crippen LogP contribution in [-0.2, 0) is 6.54 Å². The number of hydrogen-bond donors (Lipinski definition) is 1. The van der Waals surface area contributed by atoms with Crippen LogP contribution in [0.2, 0.25) is 0 Å². The molecule has 2 rings (SSSR count). The van der Waals surface area contributed by atoms with Crippen LogP contribution in [0.3, 0.4) is 0 Å². The second-order valence-electron chi connectivity index (χ2n) is 5.44. The zero-order valence-corrected chi connectivity index (χ0v) is 14.1. The number of carbonyl (C=O) groups excluding carboxylic acids is 1. The largest absolute Gasteiger partial charge is 0.494 e. The van der Waals surface area contributed by atoms with Crippen molar-refractivity contribution in [3.63, 3.8) is 0 Å². The maximum Gasteiger partial charge on any atom is 0.251 e. The van der Waals surface area contributed by atoms with Gasteiger partial charge in [-0.1, -0.05) is 0 Å². The van der Waals surface area contributed by atoms with Gasteiger partial charge in [0.15, 0.2) is 11.6 Å². The lowest BCUT2D eigenvalue weighted by atomic mass is 10.1. The average molecular weight is 319 g/mol. The monoisotopic (exact) mass is 319 g/mol. The Hall–Kier alpha value is -2.37. The number of nitrogens with zero attached hydrogens (tertiary/aromatic N) is 2. The van der Waals surface area contributed by atoms with Crippen LogP contribution in [0, 0.1) is 19.7 Å². The van der Waals surface area contributed by atoms with Crippen molar-refractivity contribution in [1.82, 2.24) is 15.1 Å². The third-order valence-corrected chi connectivity index (χ3v) is 3.93. The van der Waals surface area contributed by atoms with Gasteiger partial charge in [0.25, 0.3) is 5.91 Å². The molecule has 1 aromatic carbocycles. The molecule has 0 bridgehead atoms. The van der Waals surface area contributed by atoms with Crippen molar-refractivity contribution in [3.05, 3.63) is 46.5 Å². The topological polar surface area (TPSA) is 56.2 Å². The summed E-state index contributed by atoms with van der Waals surface area (Å²) in [5, 5.41) is 7.40. The summed E-state index contributed by atoms with van der Waals surface area (Å²) in [4.78, 5) is 12.4. The van der Waals surface area contributed by atoms with E-state index in [0.717, 1.165) is 23.5 Å². The summed E-state index contributed by atoms with van der Waals surface area (Å²) in [6, 6.07) is 3.87. The Kier molecular flexibility index (Phi) is 5.03. The van der Waals surface area contributed by atoms with E-state index in [2.05, 4.69) is 10.4 Å². The van der Waals surface area contributed by atoms with Gasteiger partial charge in [-0.15, -0.1) is 0 Å². The Balaban J connectivity index is 2.22. The molecule has 0 saturated heterocycles. The van der Waals surface area contributed by atoms with Crippen molar-refractivity contribution in [2.45, 2.75) is 40.3 Å². The highest BCUT2D eigenvalue weighted by Gasteiger charge is 2.20. The SMILES string of the molecule is CCn1nc(C)c([C@H](C)NC(=O)c2ccc(F)c(OC)c2)c1C. The molecule has 0 radical (unpaired) electrons. The summed E-state index contributed by atoms with van der Waals surface area (Å²) in [5.41, 5.74) is 3.30. The lowest BCUT2D eigenvalue weighted by Crippen LogP contribution is -2.27. The quantitative estimate of drug-likeness (QED) is 0.921. The fourth-order valence-electron chi connectivity index (χ4n) is 2.80. The van der Waals surface area contributed by atoms with Crippen molar-refractivity contribution in [1.29, 1.82) is 0 Å². The number of carbonyl (C=O) groups is 1. The summed E-state index contributed by atoms with van der Waals surface area (Å²) < 4.78 is 20.3. The standard InChI is InChI=1S/C17H22FN3O2/c1-6-21-12(4)16(11(3)20-21)10(2)19-17(22)13-7-8-14(18)15(9-13)23-5/h7-10H,6H2,1-5H3,(H,19,22)/t10-/m0/s1. The van der Waals surface area contributed by atoms with Gasteiger partial charge in [0.1, 0.15) is 0 Å². The highest BCUT2D eigenvalue weighted by Crippen LogP contribution is 2.23. The summed E-state index contributed by atoms with van der Waals surface area (Å²) in [6.45, 7) is 8.63. The molecule has 124 valence electrons. The van der Waals surface area contributed by atoms with Gasteiger partial charge in [-0.3, -0.25) is 9.48 Å². The second-order valence-corrected chi connectivity index (χ2v) is 5.44. The first kappa shape index (κ1) is 17.0. The van der Waals surface area contributed by atoms with E-state index in [4.69, 9.17) is 4.74 Å². The van der Waals surface area contributed by atoms with Crippen LogP contribution < -0.4 is 10.1 Å². The molecule has 1 heterocycles. The molecule has 0 unspecified atom stereocenters. The lowest BCUT2D eigenvalue weighted by Gasteiger charge is -2.15. The molecule has 0 aliphatic carbocycles. The number of aromatic nitrogens is 2. The highest BCUT2D eigenvalue weighted by atomic mass is 19.1. The first-order valence-corrected chi connectivity index (χ1v) is 7.57. The van der Waals surface area contributed by atoms with Gasteiger partial charge in [0.2, 0.25) is 0 Å². The molecule has 23 heavy (non-hydrogen) atoms. The zero-order valence-electron chi connectivity index (χ0n) is 14.1. The molecule has 1 N–H and O–H groups in total. The molecule has 0 saturated carbocycles. The summed E-state index contributed by atoms with van der Waals surface area (Å²) >= 11 is 0. The molecule has 1 aromatic heterocycles. The predicted octanol–water partition coefficient (Wildman–Crippen LogP) is 3.16. The molecule has 0 fully saturated rings. The third-order valence-electron chi connectivity index (χ3n) is 3.93. The fourth-order valence-corrected chi connectivity index (χ4v) is 2.80. The zero-order chi connectivity index (χ0) is 17.1. The number of benzene rings is 1. The van der Waals surface area contributed by atoms with Gasteiger partial charge in [-0.05, 0) is 45.9 Å². The Labute approximate surface area is 135 Å². The van der Waals surface area contributed by atoms with E-state index >= 15 is 0 Å². The van der Waals surface area contributed by atoms with E-state index in [1.54, 1.807) is 0 Å². The molecular weight excluding hydrogens is 297 g/mol. The summed E-state index contributed by atoms with van der Waals surface area (Å²) in [6.07, 6.45) is 0. The summed E-state index contributed by atoms with van der Waals surface area (Å²) in [7, 11) is 1.37. The molecule has 5 nitrogen and oxygen atoms in total. The van der Waals surface area contributed by atoms with E-state index in [0.29, 0.717) is 5.56 Å². The van der Waals surface area contributed by atoms with Crippen molar-refractivity contribution in [3.8, 4) is 5.75 Å². The van der Waals surface area contributed by atoms with Gasteiger partial charge in [0.05, 0.1) is 18.8 Å². The van der Waals surface area contributed by atoms with Gasteiger partial charge in [0, 0.05) is 23.4 Å². The molecule has 1 atom stereocenters. The smallest absolute Gasteiger partial charge is 0.251 e. The maximum atomic E-state index is 13.4.